The van der Waals surface area contributed by atoms with Gasteiger partial charge in [0.1, 0.15) is 12.1 Å². The van der Waals surface area contributed by atoms with Crippen molar-refractivity contribution in [2.45, 2.75) is 19.9 Å². The van der Waals surface area contributed by atoms with Crippen molar-refractivity contribution in [3.8, 4) is 0 Å². The molecule has 3 nitrogen and oxygen atoms in total. The maximum absolute atomic E-state index is 12.9. The van der Waals surface area contributed by atoms with Crippen LogP contribution in [0.25, 0.3) is 0 Å². The molecule has 19 heavy (non-hydrogen) atoms. The quantitative estimate of drug-likeness (QED) is 0.914. The minimum absolute atomic E-state index is 0.164. The van der Waals surface area contributed by atoms with E-state index in [1.165, 1.54) is 24.7 Å². The molecule has 1 N–H and O–H groups in total. The Bertz CT molecular complexity index is 532. The fraction of sp³-hybridized carbons (Fsp3) is 0.267. The summed E-state index contributed by atoms with van der Waals surface area (Å²) in [7, 11) is 0. The molecule has 2 rings (SSSR count). The van der Waals surface area contributed by atoms with Crippen molar-refractivity contribution >= 4 is 5.91 Å². The van der Waals surface area contributed by atoms with E-state index in [1.54, 1.807) is 18.2 Å². The molecule has 2 aromatic rings. The second-order valence-corrected chi connectivity index (χ2v) is 4.76. The van der Waals surface area contributed by atoms with Crippen LogP contribution in [0.1, 0.15) is 35.8 Å². The number of amides is 1. The third kappa shape index (κ3) is 3.22. The predicted molar refractivity (Wildman–Crippen MR) is 70.2 cm³/mol. The first-order valence-corrected chi connectivity index (χ1v) is 6.16. The highest BCUT2D eigenvalue weighted by Crippen LogP contribution is 2.22. The average molecular weight is 261 g/mol. The first-order chi connectivity index (χ1) is 9.08. The summed E-state index contributed by atoms with van der Waals surface area (Å²) in [5.74, 6) is -0.287. The first kappa shape index (κ1) is 13.3. The molecule has 0 fully saturated rings. The van der Waals surface area contributed by atoms with Gasteiger partial charge in [-0.2, -0.15) is 0 Å². The van der Waals surface area contributed by atoms with Crippen LogP contribution < -0.4 is 5.32 Å². The Morgan fingerprint density at radius 3 is 2.42 bits per heavy atom. The second-order valence-electron chi connectivity index (χ2n) is 4.76. The Morgan fingerprint density at radius 2 is 1.89 bits per heavy atom. The normalized spacial score (nSPS) is 12.4. The van der Waals surface area contributed by atoms with Crippen LogP contribution in [0.5, 0.6) is 0 Å². The van der Waals surface area contributed by atoms with E-state index in [-0.39, 0.29) is 23.7 Å². The minimum atomic E-state index is -0.285. The third-order valence-electron chi connectivity index (χ3n) is 2.97. The first-order valence-electron chi connectivity index (χ1n) is 6.16. The van der Waals surface area contributed by atoms with Crippen LogP contribution in [0, 0.1) is 11.7 Å². The maximum Gasteiger partial charge on any atom is 0.255 e. The lowest BCUT2D eigenvalue weighted by molar-refractivity contribution is 0.0925. The molecule has 0 saturated carbocycles. The molecule has 4 heteroatoms. The molecule has 0 saturated heterocycles. The zero-order valence-electron chi connectivity index (χ0n) is 10.9. The Balaban J connectivity index is 2.17. The summed E-state index contributed by atoms with van der Waals surface area (Å²) in [4.78, 5) is 12.0. The minimum Gasteiger partial charge on any atom is -0.472 e. The number of carbonyl (C=O) groups is 1. The molecule has 0 radical (unpaired) electrons. The van der Waals surface area contributed by atoms with E-state index in [4.69, 9.17) is 4.42 Å². The summed E-state index contributed by atoms with van der Waals surface area (Å²) < 4.78 is 17.8. The van der Waals surface area contributed by atoms with Gasteiger partial charge >= 0.3 is 0 Å². The number of halogens is 1. The molecular weight excluding hydrogens is 245 g/mol. The fourth-order valence-electron chi connectivity index (χ4n) is 1.92. The van der Waals surface area contributed by atoms with Gasteiger partial charge in [0.05, 0.1) is 17.9 Å². The van der Waals surface area contributed by atoms with Crippen molar-refractivity contribution < 1.29 is 13.6 Å². The molecular formula is C15H16FNO2. The molecule has 0 aliphatic heterocycles. The van der Waals surface area contributed by atoms with Gasteiger partial charge in [-0.25, -0.2) is 4.39 Å². The molecule has 0 aliphatic carbocycles. The highest BCUT2D eigenvalue weighted by Gasteiger charge is 2.19. The van der Waals surface area contributed by atoms with Crippen molar-refractivity contribution in [3.63, 3.8) is 0 Å². The van der Waals surface area contributed by atoms with E-state index in [1.807, 2.05) is 13.8 Å². The van der Waals surface area contributed by atoms with Crippen LogP contribution in [-0.2, 0) is 0 Å². The van der Waals surface area contributed by atoms with Gasteiger partial charge in [0.25, 0.3) is 5.91 Å². The monoisotopic (exact) mass is 261 g/mol. The van der Waals surface area contributed by atoms with Gasteiger partial charge in [-0.3, -0.25) is 4.79 Å². The maximum atomic E-state index is 12.9. The van der Waals surface area contributed by atoms with Crippen molar-refractivity contribution in [1.82, 2.24) is 5.32 Å². The highest BCUT2D eigenvalue weighted by molar-refractivity contribution is 5.94. The molecule has 100 valence electrons. The number of nitrogens with one attached hydrogen (secondary N) is 1. The summed E-state index contributed by atoms with van der Waals surface area (Å²) in [5, 5.41) is 2.93. The lowest BCUT2D eigenvalue weighted by Crippen LogP contribution is -2.31. The number of benzene rings is 1. The van der Waals surface area contributed by atoms with Crippen molar-refractivity contribution in [2.75, 3.05) is 0 Å². The number of hydrogen-bond acceptors (Lipinski definition) is 2. The van der Waals surface area contributed by atoms with E-state index in [0.29, 0.717) is 5.56 Å². The molecule has 0 aliphatic rings. The standard InChI is InChI=1S/C15H16FNO2/c1-10(2)14(11-3-5-13(16)6-4-11)17-15(18)12-7-8-19-9-12/h3-10,14H,1-2H3,(H,17,18). The number of carbonyl (C=O) groups excluding carboxylic acids is 1. The summed E-state index contributed by atoms with van der Waals surface area (Å²) in [6.45, 7) is 4.01. The SMILES string of the molecule is CC(C)C(NC(=O)c1ccoc1)c1ccc(F)cc1. The van der Waals surface area contributed by atoms with Crippen LogP contribution in [0.15, 0.2) is 47.3 Å². The number of furan rings is 1. The molecule has 1 aromatic carbocycles. The topological polar surface area (TPSA) is 42.2 Å². The molecule has 0 bridgehead atoms. The zero-order chi connectivity index (χ0) is 13.8. The van der Waals surface area contributed by atoms with Gasteiger partial charge in [-0.15, -0.1) is 0 Å². The van der Waals surface area contributed by atoms with Crippen molar-refractivity contribution in [2.24, 2.45) is 5.92 Å². The van der Waals surface area contributed by atoms with Gasteiger partial charge in [-0.05, 0) is 29.7 Å². The fourth-order valence-corrected chi connectivity index (χ4v) is 1.92. The van der Waals surface area contributed by atoms with E-state index >= 15 is 0 Å². The summed E-state index contributed by atoms with van der Waals surface area (Å²) in [6, 6.07) is 7.62. The van der Waals surface area contributed by atoms with Gasteiger partial charge in [0.2, 0.25) is 0 Å². The smallest absolute Gasteiger partial charge is 0.255 e. The second kappa shape index (κ2) is 5.69. The van der Waals surface area contributed by atoms with E-state index in [2.05, 4.69) is 5.32 Å². The van der Waals surface area contributed by atoms with Crippen LogP contribution in [0.2, 0.25) is 0 Å². The van der Waals surface area contributed by atoms with Crippen LogP contribution in [0.4, 0.5) is 4.39 Å². The van der Waals surface area contributed by atoms with Crippen LogP contribution >= 0.6 is 0 Å². The molecule has 1 unspecified atom stereocenters. The van der Waals surface area contributed by atoms with E-state index < -0.39 is 0 Å². The molecule has 1 heterocycles. The van der Waals surface area contributed by atoms with Crippen molar-refractivity contribution in [1.29, 1.82) is 0 Å². The lowest BCUT2D eigenvalue weighted by Gasteiger charge is -2.22. The zero-order valence-corrected chi connectivity index (χ0v) is 10.9. The van der Waals surface area contributed by atoms with E-state index in [9.17, 15) is 9.18 Å². The predicted octanol–water partition coefficient (Wildman–Crippen LogP) is 3.55. The Morgan fingerprint density at radius 1 is 1.21 bits per heavy atom. The molecule has 1 aromatic heterocycles. The number of rotatable bonds is 4. The Labute approximate surface area is 111 Å². The highest BCUT2D eigenvalue weighted by atomic mass is 19.1. The van der Waals surface area contributed by atoms with Gasteiger partial charge in [-0.1, -0.05) is 26.0 Å². The summed E-state index contributed by atoms with van der Waals surface area (Å²) >= 11 is 0. The largest absolute Gasteiger partial charge is 0.472 e. The van der Waals surface area contributed by atoms with Crippen LogP contribution in [-0.4, -0.2) is 5.91 Å². The molecule has 1 atom stereocenters. The van der Waals surface area contributed by atoms with E-state index in [0.717, 1.165) is 5.56 Å². The van der Waals surface area contributed by atoms with Crippen molar-refractivity contribution in [3.05, 3.63) is 59.8 Å². The van der Waals surface area contributed by atoms with Gasteiger partial charge in [0.15, 0.2) is 0 Å². The lowest BCUT2D eigenvalue weighted by atomic mass is 9.95. The summed E-state index contributed by atoms with van der Waals surface area (Å²) in [6.07, 6.45) is 2.86. The third-order valence-corrected chi connectivity index (χ3v) is 2.97. The Hall–Kier alpha value is -2.10. The van der Waals surface area contributed by atoms with Crippen LogP contribution in [0.3, 0.4) is 0 Å². The summed E-state index contributed by atoms with van der Waals surface area (Å²) in [5.41, 5.74) is 1.36. The Kier molecular flexibility index (Phi) is 4.00. The van der Waals surface area contributed by atoms with Gasteiger partial charge < -0.3 is 9.73 Å². The average Bonchev–Trinajstić information content (AvgIpc) is 2.90. The number of hydrogen-bond donors (Lipinski definition) is 1. The molecule has 0 spiro atoms. The van der Waals surface area contributed by atoms with Gasteiger partial charge in [0, 0.05) is 0 Å². The molecule has 1 amide bonds.